The molecule has 2 heterocycles. The zero-order chi connectivity index (χ0) is 23.0. The van der Waals surface area contributed by atoms with Gasteiger partial charge in [0.15, 0.2) is 11.6 Å². The summed E-state index contributed by atoms with van der Waals surface area (Å²) in [6, 6.07) is 8.36. The summed E-state index contributed by atoms with van der Waals surface area (Å²) in [5.74, 6) is -3.63. The number of aromatic nitrogens is 5. The third-order valence-corrected chi connectivity index (χ3v) is 4.78. The summed E-state index contributed by atoms with van der Waals surface area (Å²) in [6.45, 7) is -0.0453. The molecule has 0 saturated carbocycles. The number of amides is 1. The Morgan fingerprint density at radius 2 is 1.94 bits per heavy atom. The Labute approximate surface area is 178 Å². The van der Waals surface area contributed by atoms with E-state index < -0.39 is 29.8 Å². The number of nitrogens with two attached hydrogens (primary N) is 1. The molecule has 4 aromatic rings. The van der Waals surface area contributed by atoms with Gasteiger partial charge in [0, 0.05) is 12.4 Å². The lowest BCUT2D eigenvalue weighted by Crippen LogP contribution is -2.23. The van der Waals surface area contributed by atoms with Gasteiger partial charge in [0.1, 0.15) is 5.92 Å². The topological polar surface area (TPSA) is 101 Å². The van der Waals surface area contributed by atoms with Crippen molar-refractivity contribution < 1.29 is 27.1 Å². The minimum atomic E-state index is -5.00. The number of ether oxygens (including phenoxy) is 1. The van der Waals surface area contributed by atoms with E-state index in [0.29, 0.717) is 11.1 Å². The van der Waals surface area contributed by atoms with Gasteiger partial charge in [-0.3, -0.25) is 9.48 Å². The van der Waals surface area contributed by atoms with E-state index in [9.17, 15) is 22.4 Å². The Kier molecular flexibility index (Phi) is 5.28. The minimum Gasteiger partial charge on any atom is -0.403 e. The monoisotopic (exact) mass is 448 g/mol. The Morgan fingerprint density at radius 1 is 1.16 bits per heavy atom. The summed E-state index contributed by atoms with van der Waals surface area (Å²) in [6.07, 6.45) is -1.97. The fourth-order valence-electron chi connectivity index (χ4n) is 3.38. The second kappa shape index (κ2) is 7.94. The molecule has 0 spiro atoms. The molecule has 0 aliphatic rings. The maximum atomic E-state index is 13.9. The number of fused-ring (bicyclic) bond motifs is 1. The molecule has 12 heteroatoms. The van der Waals surface area contributed by atoms with Crippen molar-refractivity contribution in [1.29, 1.82) is 0 Å². The van der Waals surface area contributed by atoms with Gasteiger partial charge in [0.05, 0.1) is 30.1 Å². The van der Waals surface area contributed by atoms with E-state index in [2.05, 4.69) is 20.0 Å². The zero-order valence-electron chi connectivity index (χ0n) is 16.5. The maximum absolute atomic E-state index is 13.9. The number of benzene rings is 2. The molecule has 32 heavy (non-hydrogen) atoms. The smallest absolute Gasteiger partial charge is 0.403 e. The number of rotatable bonds is 6. The van der Waals surface area contributed by atoms with Crippen LogP contribution in [0.25, 0.3) is 10.9 Å². The quantitative estimate of drug-likeness (QED) is 0.457. The lowest BCUT2D eigenvalue weighted by atomic mass is 9.94. The maximum Gasteiger partial charge on any atom is 0.573 e. The minimum absolute atomic E-state index is 0.0453. The van der Waals surface area contributed by atoms with Gasteiger partial charge in [-0.15, -0.1) is 13.2 Å². The van der Waals surface area contributed by atoms with Crippen molar-refractivity contribution in [3.8, 4) is 5.75 Å². The first-order chi connectivity index (χ1) is 15.1. The molecule has 1 unspecified atom stereocenters. The third-order valence-electron chi connectivity index (χ3n) is 4.78. The highest BCUT2D eigenvalue weighted by molar-refractivity contribution is 5.87. The average Bonchev–Trinajstić information content (AvgIpc) is 3.30. The number of hydrogen-bond donors (Lipinski definition) is 1. The second-order valence-electron chi connectivity index (χ2n) is 7.03. The van der Waals surface area contributed by atoms with Gasteiger partial charge in [-0.2, -0.15) is 20.1 Å². The van der Waals surface area contributed by atoms with E-state index in [1.807, 2.05) is 6.07 Å². The van der Waals surface area contributed by atoms with Crippen molar-refractivity contribution >= 4 is 16.8 Å². The highest BCUT2D eigenvalue weighted by Gasteiger charge is 2.32. The molecular formula is C20H16F4N6O2. The predicted molar refractivity (Wildman–Crippen MR) is 104 cm³/mol. The normalized spacial score (nSPS) is 12.8. The molecule has 2 N–H and O–H groups in total. The van der Waals surface area contributed by atoms with Crippen LogP contribution in [0.3, 0.4) is 0 Å². The molecule has 0 radical (unpaired) electrons. The van der Waals surface area contributed by atoms with Crippen molar-refractivity contribution in [2.45, 2.75) is 18.8 Å². The molecule has 0 saturated heterocycles. The first kappa shape index (κ1) is 21.3. The van der Waals surface area contributed by atoms with Gasteiger partial charge in [-0.05, 0) is 35.4 Å². The summed E-state index contributed by atoms with van der Waals surface area (Å²) in [5, 5.41) is 13.3. The van der Waals surface area contributed by atoms with Crippen LogP contribution >= 0.6 is 0 Å². The highest BCUT2D eigenvalue weighted by atomic mass is 19.4. The molecule has 166 valence electrons. The van der Waals surface area contributed by atoms with Gasteiger partial charge in [-0.25, -0.2) is 4.39 Å². The summed E-state index contributed by atoms with van der Waals surface area (Å²) in [7, 11) is 1.80. The molecule has 8 nitrogen and oxygen atoms in total. The number of nitrogens with zero attached hydrogens (tertiary/aromatic N) is 5. The Bertz CT molecular complexity index is 1300. The van der Waals surface area contributed by atoms with E-state index in [1.165, 1.54) is 17.1 Å². The first-order valence-electron chi connectivity index (χ1n) is 9.26. The van der Waals surface area contributed by atoms with Gasteiger partial charge in [-0.1, -0.05) is 12.1 Å². The average molecular weight is 448 g/mol. The number of carbonyl (C=O) groups excluding carboxylic acids is 1. The number of alkyl halides is 3. The third kappa shape index (κ3) is 4.38. The zero-order valence-corrected chi connectivity index (χ0v) is 16.5. The molecule has 2 aromatic carbocycles. The Balaban J connectivity index is 1.57. The van der Waals surface area contributed by atoms with E-state index >= 15 is 0 Å². The summed E-state index contributed by atoms with van der Waals surface area (Å²) in [5.41, 5.74) is 7.66. The number of carbonyl (C=O) groups is 1. The molecule has 1 atom stereocenters. The molecule has 0 fully saturated rings. The van der Waals surface area contributed by atoms with Crippen molar-refractivity contribution in [3.05, 3.63) is 71.4 Å². The van der Waals surface area contributed by atoms with Crippen molar-refractivity contribution in [2.75, 3.05) is 0 Å². The van der Waals surface area contributed by atoms with Crippen LogP contribution in [0, 0.1) is 5.82 Å². The van der Waals surface area contributed by atoms with Gasteiger partial charge < -0.3 is 10.5 Å². The van der Waals surface area contributed by atoms with Crippen molar-refractivity contribution in [1.82, 2.24) is 24.8 Å². The van der Waals surface area contributed by atoms with Crippen LogP contribution in [0.15, 0.2) is 48.8 Å². The second-order valence-corrected chi connectivity index (χ2v) is 7.03. The standard InChI is InChI=1S/C20H16F4N6O2/c1-29-16-4-3-12(7-13(16)8-26-29)18(19(25)31)15-9-27-30(28-15)10-11-2-5-17(14(21)6-11)32-20(22,23)24/h2-9,18H,10H2,1H3,(H2,25,31). The van der Waals surface area contributed by atoms with Gasteiger partial charge in [0.2, 0.25) is 5.91 Å². The van der Waals surface area contributed by atoms with E-state index in [4.69, 9.17) is 5.73 Å². The molecular weight excluding hydrogens is 432 g/mol. The first-order valence-corrected chi connectivity index (χ1v) is 9.26. The SMILES string of the molecule is Cn1ncc2cc(C(C(N)=O)c3cnn(Cc4ccc(OC(F)(F)F)c(F)c4)n3)ccc21. The lowest BCUT2D eigenvalue weighted by molar-refractivity contribution is -0.275. The number of primary amides is 1. The number of halogens is 4. The van der Waals surface area contributed by atoms with Crippen LogP contribution in [-0.2, 0) is 18.4 Å². The molecule has 0 aliphatic heterocycles. The number of aryl methyl sites for hydroxylation is 1. The van der Waals surface area contributed by atoms with E-state index in [0.717, 1.165) is 23.0 Å². The lowest BCUT2D eigenvalue weighted by Gasteiger charge is -2.11. The van der Waals surface area contributed by atoms with Crippen LogP contribution in [0.5, 0.6) is 5.75 Å². The predicted octanol–water partition coefficient (Wildman–Crippen LogP) is 2.87. The number of hydrogen-bond acceptors (Lipinski definition) is 5. The van der Waals surface area contributed by atoms with Crippen LogP contribution in [0.4, 0.5) is 17.6 Å². The van der Waals surface area contributed by atoms with Crippen LogP contribution in [-0.4, -0.2) is 37.0 Å². The van der Waals surface area contributed by atoms with Gasteiger partial charge in [0.25, 0.3) is 0 Å². The molecule has 4 rings (SSSR count). The van der Waals surface area contributed by atoms with E-state index in [-0.39, 0.29) is 12.2 Å². The van der Waals surface area contributed by atoms with Gasteiger partial charge >= 0.3 is 6.36 Å². The Morgan fingerprint density at radius 3 is 2.62 bits per heavy atom. The molecule has 1 amide bonds. The van der Waals surface area contributed by atoms with Crippen LogP contribution < -0.4 is 10.5 Å². The van der Waals surface area contributed by atoms with Crippen molar-refractivity contribution in [2.24, 2.45) is 12.8 Å². The van der Waals surface area contributed by atoms with Crippen LogP contribution in [0.1, 0.15) is 22.7 Å². The van der Waals surface area contributed by atoms with Crippen LogP contribution in [0.2, 0.25) is 0 Å². The highest BCUT2D eigenvalue weighted by Crippen LogP contribution is 2.28. The largest absolute Gasteiger partial charge is 0.573 e. The fraction of sp³-hybridized carbons (Fsp3) is 0.200. The summed E-state index contributed by atoms with van der Waals surface area (Å²) < 4.78 is 56.1. The molecule has 2 aromatic heterocycles. The molecule has 0 aliphatic carbocycles. The van der Waals surface area contributed by atoms with E-state index in [1.54, 1.807) is 30.1 Å². The Hall–Kier alpha value is -3.96. The fourth-order valence-corrected chi connectivity index (χ4v) is 3.38. The van der Waals surface area contributed by atoms with Crippen molar-refractivity contribution in [3.63, 3.8) is 0 Å². The summed E-state index contributed by atoms with van der Waals surface area (Å²) >= 11 is 0. The summed E-state index contributed by atoms with van der Waals surface area (Å²) in [4.78, 5) is 13.4. The molecule has 0 bridgehead atoms.